The highest BCUT2D eigenvalue weighted by molar-refractivity contribution is 7.98. The largest absolute Gasteiger partial charge is 0.381 e. The van der Waals surface area contributed by atoms with Crippen LogP contribution in [0.5, 0.6) is 0 Å². The zero-order chi connectivity index (χ0) is 13.1. The summed E-state index contributed by atoms with van der Waals surface area (Å²) in [6.45, 7) is 0.784. The summed E-state index contributed by atoms with van der Waals surface area (Å²) in [7, 11) is 0. The number of pyridine rings is 1. The smallest absolute Gasteiger partial charge is 0.0711 e. The van der Waals surface area contributed by atoms with Crippen molar-refractivity contribution >= 4 is 23.0 Å². The minimum atomic E-state index is 0.784. The minimum Gasteiger partial charge on any atom is -0.381 e. The highest BCUT2D eigenvalue weighted by Gasteiger charge is 2.02. The van der Waals surface area contributed by atoms with E-state index in [1.54, 1.807) is 11.8 Å². The fraction of sp³-hybridized carbons (Fsp3) is 0.133. The van der Waals surface area contributed by atoms with E-state index in [1.165, 1.54) is 10.5 Å². The Bertz CT molecular complexity index is 673. The number of fused-ring (bicyclic) bond motifs is 1. The zero-order valence-corrected chi connectivity index (χ0v) is 11.5. The van der Waals surface area contributed by atoms with E-state index in [0.29, 0.717) is 0 Å². The van der Waals surface area contributed by atoms with E-state index < -0.39 is 0 Å². The summed E-state index contributed by atoms with van der Waals surface area (Å²) in [5.41, 5.74) is 3.48. The molecule has 0 saturated carbocycles. The van der Waals surface area contributed by atoms with E-state index >= 15 is 0 Å². The third-order valence-corrected chi connectivity index (χ3v) is 3.82. The van der Waals surface area contributed by atoms with E-state index in [0.717, 1.165) is 17.7 Å². The molecule has 0 radical (unpaired) electrons. The maximum absolute atomic E-state index is 4.33. The highest BCUT2D eigenvalue weighted by atomic mass is 32.2. The molecule has 0 aliphatic carbocycles. The lowest BCUT2D eigenvalue weighted by Gasteiger charge is -2.06. The van der Waals surface area contributed by atoms with Gasteiger partial charge in [-0.1, -0.05) is 6.07 Å². The van der Waals surface area contributed by atoms with Gasteiger partial charge in [-0.05, 0) is 42.7 Å². The molecule has 19 heavy (non-hydrogen) atoms. The molecule has 0 bridgehead atoms. The van der Waals surface area contributed by atoms with Crippen molar-refractivity contribution in [3.05, 3.63) is 60.4 Å². The Hall–Kier alpha value is -1.94. The molecule has 0 atom stereocenters. The van der Waals surface area contributed by atoms with Gasteiger partial charge in [0.05, 0.1) is 11.7 Å². The Labute approximate surface area is 116 Å². The van der Waals surface area contributed by atoms with Crippen molar-refractivity contribution in [2.75, 3.05) is 11.6 Å². The monoisotopic (exact) mass is 269 g/mol. The lowest BCUT2D eigenvalue weighted by Crippen LogP contribution is -1.98. The molecule has 4 heteroatoms. The van der Waals surface area contributed by atoms with Crippen molar-refractivity contribution in [1.29, 1.82) is 0 Å². The molecule has 3 aromatic rings. The summed E-state index contributed by atoms with van der Waals surface area (Å²) in [6.07, 6.45) is 5.96. The molecule has 0 spiro atoms. The predicted octanol–water partition coefficient (Wildman–Crippen LogP) is 3.67. The molecule has 0 aliphatic heterocycles. The molecule has 0 fully saturated rings. The Morgan fingerprint density at radius 1 is 1.16 bits per heavy atom. The first kappa shape index (κ1) is 12.1. The molecule has 3 nitrogen and oxygen atoms in total. The van der Waals surface area contributed by atoms with Gasteiger partial charge in [-0.25, -0.2) is 4.52 Å². The first-order valence-corrected chi connectivity index (χ1v) is 7.38. The first-order chi connectivity index (χ1) is 9.36. The quantitative estimate of drug-likeness (QED) is 0.733. The number of hydrogen-bond acceptors (Lipinski definition) is 3. The summed E-state index contributed by atoms with van der Waals surface area (Å²) >= 11 is 1.75. The van der Waals surface area contributed by atoms with Crippen LogP contribution in [0.25, 0.3) is 5.52 Å². The van der Waals surface area contributed by atoms with Gasteiger partial charge in [0, 0.05) is 28.9 Å². The standard InChI is InChI=1S/C15H15N3S/c1-19-14-7-5-13(6-8-14)16-10-12-11-17-18-9-3-2-4-15(12)18/h2-9,11,16H,10H2,1H3. The van der Waals surface area contributed by atoms with Crippen molar-refractivity contribution in [2.45, 2.75) is 11.4 Å². The molecule has 0 amide bonds. The van der Waals surface area contributed by atoms with Crippen molar-refractivity contribution in [1.82, 2.24) is 9.61 Å². The van der Waals surface area contributed by atoms with Crippen LogP contribution in [0.1, 0.15) is 5.56 Å². The van der Waals surface area contributed by atoms with Crippen LogP contribution in [0.15, 0.2) is 59.8 Å². The fourth-order valence-electron chi connectivity index (χ4n) is 2.03. The third kappa shape index (κ3) is 2.58. The second kappa shape index (κ2) is 5.36. The SMILES string of the molecule is CSc1ccc(NCc2cnn3ccccc23)cc1. The number of hydrogen-bond donors (Lipinski definition) is 1. The lowest BCUT2D eigenvalue weighted by molar-refractivity contribution is 0.961. The number of nitrogens with one attached hydrogen (secondary N) is 1. The van der Waals surface area contributed by atoms with Gasteiger partial charge in [-0.15, -0.1) is 11.8 Å². The van der Waals surface area contributed by atoms with Gasteiger partial charge in [-0.3, -0.25) is 0 Å². The van der Waals surface area contributed by atoms with Crippen LogP contribution >= 0.6 is 11.8 Å². The maximum Gasteiger partial charge on any atom is 0.0711 e. The summed E-state index contributed by atoms with van der Waals surface area (Å²) in [4.78, 5) is 1.28. The zero-order valence-electron chi connectivity index (χ0n) is 10.7. The fourth-order valence-corrected chi connectivity index (χ4v) is 2.44. The average molecular weight is 269 g/mol. The summed E-state index contributed by atoms with van der Waals surface area (Å²) in [5.74, 6) is 0. The normalized spacial score (nSPS) is 10.8. The van der Waals surface area contributed by atoms with E-state index in [1.807, 2.05) is 29.0 Å². The molecule has 2 heterocycles. The predicted molar refractivity (Wildman–Crippen MR) is 80.7 cm³/mol. The molecule has 1 N–H and O–H groups in total. The Morgan fingerprint density at radius 2 is 2.00 bits per heavy atom. The summed E-state index contributed by atoms with van der Waals surface area (Å²) < 4.78 is 1.90. The van der Waals surface area contributed by atoms with Crippen LogP contribution in [0.4, 0.5) is 5.69 Å². The number of benzene rings is 1. The van der Waals surface area contributed by atoms with Gasteiger partial charge in [-0.2, -0.15) is 5.10 Å². The Balaban J connectivity index is 1.74. The molecule has 2 aromatic heterocycles. The van der Waals surface area contributed by atoms with Crippen LogP contribution < -0.4 is 5.32 Å². The lowest BCUT2D eigenvalue weighted by atomic mass is 10.2. The maximum atomic E-state index is 4.33. The molecule has 0 aliphatic rings. The molecule has 1 aromatic carbocycles. The van der Waals surface area contributed by atoms with Crippen LogP contribution in [0.3, 0.4) is 0 Å². The van der Waals surface area contributed by atoms with Crippen molar-refractivity contribution in [2.24, 2.45) is 0 Å². The van der Waals surface area contributed by atoms with Crippen molar-refractivity contribution < 1.29 is 0 Å². The second-order valence-corrected chi connectivity index (χ2v) is 5.16. The van der Waals surface area contributed by atoms with Crippen LogP contribution in [-0.2, 0) is 6.54 Å². The minimum absolute atomic E-state index is 0.784. The van der Waals surface area contributed by atoms with Crippen LogP contribution in [0.2, 0.25) is 0 Å². The number of thioether (sulfide) groups is 1. The van der Waals surface area contributed by atoms with Gasteiger partial charge in [0.25, 0.3) is 0 Å². The topological polar surface area (TPSA) is 29.3 Å². The second-order valence-electron chi connectivity index (χ2n) is 4.28. The van der Waals surface area contributed by atoms with Crippen LogP contribution in [-0.4, -0.2) is 15.9 Å². The van der Waals surface area contributed by atoms with Gasteiger partial charge < -0.3 is 5.32 Å². The molecule has 0 saturated heterocycles. The summed E-state index contributed by atoms with van der Waals surface area (Å²) in [6, 6.07) is 14.6. The number of rotatable bonds is 4. The third-order valence-electron chi connectivity index (χ3n) is 3.08. The van der Waals surface area contributed by atoms with Gasteiger partial charge >= 0.3 is 0 Å². The van der Waals surface area contributed by atoms with Crippen molar-refractivity contribution in [3.63, 3.8) is 0 Å². The highest BCUT2D eigenvalue weighted by Crippen LogP contribution is 2.18. The van der Waals surface area contributed by atoms with Gasteiger partial charge in [0.2, 0.25) is 0 Å². The number of aromatic nitrogens is 2. The van der Waals surface area contributed by atoms with E-state index in [-0.39, 0.29) is 0 Å². The molecule has 96 valence electrons. The van der Waals surface area contributed by atoms with Crippen molar-refractivity contribution in [3.8, 4) is 0 Å². The number of anilines is 1. The average Bonchev–Trinajstić information content (AvgIpc) is 2.89. The Kier molecular flexibility index (Phi) is 3.42. The molecule has 0 unspecified atom stereocenters. The van der Waals surface area contributed by atoms with Gasteiger partial charge in [0.1, 0.15) is 0 Å². The van der Waals surface area contributed by atoms with E-state index in [9.17, 15) is 0 Å². The molecular formula is C15H15N3S. The van der Waals surface area contributed by atoms with Gasteiger partial charge in [0.15, 0.2) is 0 Å². The summed E-state index contributed by atoms with van der Waals surface area (Å²) in [5, 5.41) is 7.76. The number of nitrogens with zero attached hydrogens (tertiary/aromatic N) is 2. The van der Waals surface area contributed by atoms with E-state index in [2.05, 4.69) is 47.0 Å². The van der Waals surface area contributed by atoms with E-state index in [4.69, 9.17) is 0 Å². The first-order valence-electron chi connectivity index (χ1n) is 6.16. The Morgan fingerprint density at radius 3 is 2.79 bits per heavy atom. The molecule has 3 rings (SSSR count). The molecular weight excluding hydrogens is 254 g/mol. The van der Waals surface area contributed by atoms with Crippen LogP contribution in [0, 0.1) is 0 Å².